The lowest BCUT2D eigenvalue weighted by Gasteiger charge is -2.26. The van der Waals surface area contributed by atoms with Crippen LogP contribution in [0.2, 0.25) is 0 Å². The van der Waals surface area contributed by atoms with Gasteiger partial charge in [-0.15, -0.1) is 0 Å². The van der Waals surface area contributed by atoms with E-state index in [2.05, 4.69) is 9.72 Å². The van der Waals surface area contributed by atoms with Crippen molar-refractivity contribution in [3.63, 3.8) is 0 Å². The number of ether oxygens (including phenoxy) is 2. The van der Waals surface area contributed by atoms with E-state index in [1.807, 2.05) is 0 Å². The van der Waals surface area contributed by atoms with Gasteiger partial charge in [-0.2, -0.15) is 4.39 Å². The Morgan fingerprint density at radius 1 is 1.56 bits per heavy atom. The van der Waals surface area contributed by atoms with Crippen molar-refractivity contribution < 1.29 is 18.7 Å². The Morgan fingerprint density at radius 3 is 2.88 bits per heavy atom. The molecule has 0 saturated heterocycles. The van der Waals surface area contributed by atoms with Crippen molar-refractivity contribution in [2.75, 3.05) is 7.11 Å². The van der Waals surface area contributed by atoms with Gasteiger partial charge in [0.05, 0.1) is 19.4 Å². The van der Waals surface area contributed by atoms with E-state index < -0.39 is 11.9 Å². The van der Waals surface area contributed by atoms with Crippen LogP contribution in [0.25, 0.3) is 0 Å². The van der Waals surface area contributed by atoms with Gasteiger partial charge in [-0.25, -0.2) is 9.78 Å². The van der Waals surface area contributed by atoms with E-state index in [0.29, 0.717) is 5.75 Å². The van der Waals surface area contributed by atoms with E-state index in [0.717, 1.165) is 19.3 Å². The molecule has 0 radical (unpaired) electrons. The van der Waals surface area contributed by atoms with Crippen LogP contribution in [0.1, 0.15) is 29.6 Å². The number of methoxy groups -OCH3 is 1. The molecule has 0 bridgehead atoms. The third-order valence-corrected chi connectivity index (χ3v) is 2.57. The van der Waals surface area contributed by atoms with Gasteiger partial charge in [-0.05, 0) is 19.3 Å². The van der Waals surface area contributed by atoms with Crippen LogP contribution in [0.3, 0.4) is 0 Å². The molecular formula is C11H12FNO3. The highest BCUT2D eigenvalue weighted by Gasteiger charge is 2.21. The number of rotatable bonds is 3. The second kappa shape index (κ2) is 4.47. The van der Waals surface area contributed by atoms with E-state index >= 15 is 0 Å². The Morgan fingerprint density at radius 2 is 2.31 bits per heavy atom. The first-order chi connectivity index (χ1) is 7.70. The summed E-state index contributed by atoms with van der Waals surface area (Å²) >= 11 is 0. The van der Waals surface area contributed by atoms with Gasteiger partial charge < -0.3 is 9.47 Å². The lowest BCUT2D eigenvalue weighted by atomic mass is 9.96. The number of aromatic nitrogens is 1. The van der Waals surface area contributed by atoms with Gasteiger partial charge in [0, 0.05) is 6.07 Å². The Labute approximate surface area is 92.4 Å². The van der Waals surface area contributed by atoms with Crippen molar-refractivity contribution in [3.05, 3.63) is 23.8 Å². The fourth-order valence-corrected chi connectivity index (χ4v) is 1.43. The standard InChI is InChI=1S/C11H12FNO3/c1-15-11(14)9-5-8(6-13-10(9)12)16-7-3-2-4-7/h5-7H,2-4H2,1H3. The minimum Gasteiger partial charge on any atom is -0.489 e. The monoisotopic (exact) mass is 225 g/mol. The molecular weight excluding hydrogens is 213 g/mol. The molecule has 1 heterocycles. The summed E-state index contributed by atoms with van der Waals surface area (Å²) in [6.07, 6.45) is 4.57. The smallest absolute Gasteiger partial charge is 0.342 e. The van der Waals surface area contributed by atoms with Crippen LogP contribution in [-0.4, -0.2) is 24.2 Å². The van der Waals surface area contributed by atoms with Gasteiger partial charge in [0.25, 0.3) is 0 Å². The quantitative estimate of drug-likeness (QED) is 0.582. The number of nitrogens with zero attached hydrogens (tertiary/aromatic N) is 1. The largest absolute Gasteiger partial charge is 0.489 e. The molecule has 16 heavy (non-hydrogen) atoms. The molecule has 0 N–H and O–H groups in total. The average molecular weight is 225 g/mol. The minimum atomic E-state index is -0.840. The molecule has 2 rings (SSSR count). The van der Waals surface area contributed by atoms with Crippen LogP contribution in [0.4, 0.5) is 4.39 Å². The van der Waals surface area contributed by atoms with Gasteiger partial charge in [0.1, 0.15) is 11.3 Å². The molecule has 0 atom stereocenters. The zero-order valence-corrected chi connectivity index (χ0v) is 8.90. The molecule has 1 saturated carbocycles. The Hall–Kier alpha value is -1.65. The molecule has 1 aliphatic carbocycles. The number of halogens is 1. The summed E-state index contributed by atoms with van der Waals surface area (Å²) in [7, 11) is 1.20. The maximum Gasteiger partial charge on any atom is 0.342 e. The van der Waals surface area contributed by atoms with Crippen LogP contribution in [0.5, 0.6) is 5.75 Å². The molecule has 0 aromatic carbocycles. The fraction of sp³-hybridized carbons (Fsp3) is 0.455. The summed E-state index contributed by atoms with van der Waals surface area (Å²) in [6.45, 7) is 0. The Bertz CT molecular complexity index is 404. The first-order valence-corrected chi connectivity index (χ1v) is 5.11. The summed E-state index contributed by atoms with van der Waals surface area (Å²) < 4.78 is 23.1. The van der Waals surface area contributed by atoms with E-state index in [1.54, 1.807) is 0 Å². The normalized spacial score (nSPS) is 15.4. The SMILES string of the molecule is COC(=O)c1cc(OC2CCC2)cnc1F. The molecule has 1 aromatic rings. The predicted molar refractivity (Wildman–Crippen MR) is 53.8 cm³/mol. The van der Waals surface area contributed by atoms with Crippen LogP contribution < -0.4 is 4.74 Å². The number of carbonyl (C=O) groups excluding carboxylic acids is 1. The van der Waals surface area contributed by atoms with Crippen molar-refractivity contribution in [2.45, 2.75) is 25.4 Å². The lowest BCUT2D eigenvalue weighted by Crippen LogP contribution is -2.24. The molecule has 0 spiro atoms. The number of hydrogen-bond acceptors (Lipinski definition) is 4. The minimum absolute atomic E-state index is 0.165. The van der Waals surface area contributed by atoms with Crippen LogP contribution in [0.15, 0.2) is 12.3 Å². The van der Waals surface area contributed by atoms with Gasteiger partial charge in [-0.1, -0.05) is 0 Å². The van der Waals surface area contributed by atoms with E-state index in [-0.39, 0.29) is 11.7 Å². The second-order valence-electron chi connectivity index (χ2n) is 3.67. The zero-order chi connectivity index (χ0) is 11.5. The average Bonchev–Trinajstić information content (AvgIpc) is 2.24. The van der Waals surface area contributed by atoms with Gasteiger partial charge in [0.15, 0.2) is 0 Å². The Balaban J connectivity index is 2.17. The highest BCUT2D eigenvalue weighted by molar-refractivity contribution is 5.89. The second-order valence-corrected chi connectivity index (χ2v) is 3.67. The first-order valence-electron chi connectivity index (χ1n) is 5.11. The number of esters is 1. The van der Waals surface area contributed by atoms with Crippen LogP contribution >= 0.6 is 0 Å². The molecule has 1 fully saturated rings. The number of hydrogen-bond donors (Lipinski definition) is 0. The molecule has 0 unspecified atom stereocenters. The van der Waals surface area contributed by atoms with Gasteiger partial charge in [-0.3, -0.25) is 0 Å². The molecule has 86 valence electrons. The van der Waals surface area contributed by atoms with Crippen molar-refractivity contribution in [1.82, 2.24) is 4.98 Å². The summed E-state index contributed by atoms with van der Waals surface area (Å²) in [5.74, 6) is -1.18. The van der Waals surface area contributed by atoms with Crippen LogP contribution in [0, 0.1) is 5.95 Å². The lowest BCUT2D eigenvalue weighted by molar-refractivity contribution is 0.0592. The van der Waals surface area contributed by atoms with E-state index in [9.17, 15) is 9.18 Å². The summed E-state index contributed by atoms with van der Waals surface area (Å²) in [4.78, 5) is 14.7. The van der Waals surface area contributed by atoms with Gasteiger partial charge in [0.2, 0.25) is 5.95 Å². The molecule has 0 aliphatic heterocycles. The maximum absolute atomic E-state index is 13.2. The van der Waals surface area contributed by atoms with Crippen molar-refractivity contribution in [1.29, 1.82) is 0 Å². The maximum atomic E-state index is 13.2. The van der Waals surface area contributed by atoms with Crippen LogP contribution in [-0.2, 0) is 4.74 Å². The third-order valence-electron chi connectivity index (χ3n) is 2.57. The van der Waals surface area contributed by atoms with Gasteiger partial charge >= 0.3 is 5.97 Å². The number of carbonyl (C=O) groups is 1. The fourth-order valence-electron chi connectivity index (χ4n) is 1.43. The molecule has 0 amide bonds. The molecule has 1 aromatic heterocycles. The van der Waals surface area contributed by atoms with Crippen molar-refractivity contribution in [2.24, 2.45) is 0 Å². The summed E-state index contributed by atoms with van der Waals surface area (Å²) in [6, 6.07) is 1.33. The van der Waals surface area contributed by atoms with E-state index in [4.69, 9.17) is 4.74 Å². The first kappa shape index (κ1) is 10.9. The number of pyridine rings is 1. The summed E-state index contributed by atoms with van der Waals surface area (Å²) in [5.41, 5.74) is -0.195. The highest BCUT2D eigenvalue weighted by Crippen LogP contribution is 2.25. The van der Waals surface area contributed by atoms with E-state index in [1.165, 1.54) is 19.4 Å². The topological polar surface area (TPSA) is 48.4 Å². The molecule has 4 nitrogen and oxygen atoms in total. The summed E-state index contributed by atoms with van der Waals surface area (Å²) in [5, 5.41) is 0. The Kier molecular flexibility index (Phi) is 3.03. The third kappa shape index (κ3) is 2.13. The molecule has 5 heteroatoms. The zero-order valence-electron chi connectivity index (χ0n) is 8.90. The molecule has 1 aliphatic rings. The van der Waals surface area contributed by atoms with Crippen molar-refractivity contribution in [3.8, 4) is 5.75 Å². The highest BCUT2D eigenvalue weighted by atomic mass is 19.1. The predicted octanol–water partition coefficient (Wildman–Crippen LogP) is 1.94. The van der Waals surface area contributed by atoms with Crippen molar-refractivity contribution >= 4 is 5.97 Å².